The average molecular weight is 392 g/mol. The molecule has 7 heteroatoms. The number of guanidine groups is 1. The molecule has 0 bridgehead atoms. The average Bonchev–Trinajstić information content (AvgIpc) is 3.30. The lowest BCUT2D eigenvalue weighted by molar-refractivity contribution is 0.477. The second-order valence-electron chi connectivity index (χ2n) is 6.53. The van der Waals surface area contributed by atoms with Crippen molar-refractivity contribution in [3.05, 3.63) is 45.9 Å². The topological polar surface area (TPSA) is 43.8 Å². The van der Waals surface area contributed by atoms with Crippen molar-refractivity contribution in [2.75, 3.05) is 38.6 Å². The van der Waals surface area contributed by atoms with Gasteiger partial charge in [-0.25, -0.2) is 4.98 Å². The molecular formula is C19H26ClN5S. The van der Waals surface area contributed by atoms with Gasteiger partial charge in [0.2, 0.25) is 0 Å². The van der Waals surface area contributed by atoms with Gasteiger partial charge in [-0.2, -0.15) is 0 Å². The normalized spacial score (nSPS) is 14.7. The molecule has 1 fully saturated rings. The van der Waals surface area contributed by atoms with Gasteiger partial charge in [-0.1, -0.05) is 23.7 Å². The number of halogens is 1. The molecule has 1 N–H and O–H groups in total. The number of anilines is 1. The predicted molar refractivity (Wildman–Crippen MR) is 112 cm³/mol. The number of hydrogen-bond acceptors (Lipinski definition) is 4. The summed E-state index contributed by atoms with van der Waals surface area (Å²) < 4.78 is 0. The minimum Gasteiger partial charge on any atom is -0.356 e. The van der Waals surface area contributed by atoms with Crippen LogP contribution in [0.1, 0.15) is 24.1 Å². The molecule has 1 aliphatic rings. The van der Waals surface area contributed by atoms with Crippen LogP contribution in [0.3, 0.4) is 0 Å². The summed E-state index contributed by atoms with van der Waals surface area (Å²) in [5, 5.41) is 7.53. The van der Waals surface area contributed by atoms with Crippen LogP contribution in [0.2, 0.25) is 5.02 Å². The first kappa shape index (κ1) is 19.0. The molecule has 5 nitrogen and oxygen atoms in total. The van der Waals surface area contributed by atoms with Gasteiger partial charge in [0, 0.05) is 57.1 Å². The zero-order chi connectivity index (χ0) is 18.4. The van der Waals surface area contributed by atoms with Crippen molar-refractivity contribution in [3.63, 3.8) is 0 Å². The predicted octanol–water partition coefficient (Wildman–Crippen LogP) is 3.65. The van der Waals surface area contributed by atoms with Gasteiger partial charge in [0.15, 0.2) is 11.1 Å². The molecule has 0 spiro atoms. The van der Waals surface area contributed by atoms with E-state index in [4.69, 9.17) is 16.6 Å². The Labute approximate surface area is 164 Å². The van der Waals surface area contributed by atoms with Crippen LogP contribution in [0.25, 0.3) is 0 Å². The fourth-order valence-electron chi connectivity index (χ4n) is 3.14. The molecule has 1 aromatic heterocycles. The van der Waals surface area contributed by atoms with E-state index in [-0.39, 0.29) is 0 Å². The van der Waals surface area contributed by atoms with E-state index >= 15 is 0 Å². The standard InChI is InChI=1S/C19H26ClN5S/c1-21-18(24(2)13-15-6-5-7-16(20)12-15)22-9-8-17-14-26-19(23-17)25-10-3-4-11-25/h5-7,12,14H,3-4,8-11,13H2,1-2H3,(H,21,22). The van der Waals surface area contributed by atoms with Crippen LogP contribution in [0.15, 0.2) is 34.6 Å². The third-order valence-corrected chi connectivity index (χ3v) is 5.65. The fraction of sp³-hybridized carbons (Fsp3) is 0.474. The number of aromatic nitrogens is 1. The molecule has 0 aliphatic carbocycles. The van der Waals surface area contributed by atoms with Gasteiger partial charge in [-0.3, -0.25) is 4.99 Å². The van der Waals surface area contributed by atoms with Crippen molar-refractivity contribution >= 4 is 34.0 Å². The first-order chi connectivity index (χ1) is 12.7. The second kappa shape index (κ2) is 9.24. The van der Waals surface area contributed by atoms with E-state index in [9.17, 15) is 0 Å². The summed E-state index contributed by atoms with van der Waals surface area (Å²) in [7, 11) is 3.84. The number of thiazole rings is 1. The molecular weight excluding hydrogens is 366 g/mol. The van der Waals surface area contributed by atoms with Gasteiger partial charge in [0.25, 0.3) is 0 Å². The highest BCUT2D eigenvalue weighted by Gasteiger charge is 2.15. The highest BCUT2D eigenvalue weighted by Crippen LogP contribution is 2.24. The molecule has 0 unspecified atom stereocenters. The highest BCUT2D eigenvalue weighted by atomic mass is 35.5. The van der Waals surface area contributed by atoms with E-state index in [1.807, 2.05) is 32.3 Å². The molecule has 140 valence electrons. The fourth-order valence-corrected chi connectivity index (χ4v) is 4.26. The number of hydrogen-bond donors (Lipinski definition) is 1. The Morgan fingerprint density at radius 3 is 2.92 bits per heavy atom. The van der Waals surface area contributed by atoms with Crippen LogP contribution in [0.4, 0.5) is 5.13 Å². The third-order valence-electron chi connectivity index (χ3n) is 4.46. The lowest BCUT2D eigenvalue weighted by Gasteiger charge is -2.22. The van der Waals surface area contributed by atoms with E-state index < -0.39 is 0 Å². The first-order valence-electron chi connectivity index (χ1n) is 9.01. The van der Waals surface area contributed by atoms with E-state index in [0.29, 0.717) is 0 Å². The first-order valence-corrected chi connectivity index (χ1v) is 10.3. The molecule has 2 aromatic rings. The Balaban J connectivity index is 1.48. The monoisotopic (exact) mass is 391 g/mol. The van der Waals surface area contributed by atoms with Crippen LogP contribution >= 0.6 is 22.9 Å². The van der Waals surface area contributed by atoms with Crippen LogP contribution in [-0.4, -0.2) is 49.6 Å². The summed E-state index contributed by atoms with van der Waals surface area (Å²) in [4.78, 5) is 13.6. The molecule has 0 amide bonds. The molecule has 0 radical (unpaired) electrons. The van der Waals surface area contributed by atoms with E-state index in [2.05, 4.69) is 31.6 Å². The van der Waals surface area contributed by atoms with Crippen LogP contribution < -0.4 is 10.2 Å². The summed E-state index contributed by atoms with van der Waals surface area (Å²) in [6, 6.07) is 7.93. The smallest absolute Gasteiger partial charge is 0.193 e. The molecule has 2 heterocycles. The van der Waals surface area contributed by atoms with E-state index in [0.717, 1.165) is 54.8 Å². The molecule has 3 rings (SSSR count). The van der Waals surface area contributed by atoms with E-state index in [1.54, 1.807) is 11.3 Å². The number of nitrogens with one attached hydrogen (secondary N) is 1. The van der Waals surface area contributed by atoms with Crippen LogP contribution in [-0.2, 0) is 13.0 Å². The van der Waals surface area contributed by atoms with Crippen molar-refractivity contribution in [1.82, 2.24) is 15.2 Å². The van der Waals surface area contributed by atoms with Gasteiger partial charge in [-0.15, -0.1) is 11.3 Å². The summed E-state index contributed by atoms with van der Waals surface area (Å²) in [6.07, 6.45) is 3.46. The summed E-state index contributed by atoms with van der Waals surface area (Å²) in [5.74, 6) is 0.875. The van der Waals surface area contributed by atoms with Gasteiger partial charge in [0.1, 0.15) is 0 Å². The highest BCUT2D eigenvalue weighted by molar-refractivity contribution is 7.13. The summed E-state index contributed by atoms with van der Waals surface area (Å²) >= 11 is 7.82. The van der Waals surface area contributed by atoms with Gasteiger partial charge < -0.3 is 15.1 Å². The van der Waals surface area contributed by atoms with E-state index in [1.165, 1.54) is 18.0 Å². The zero-order valence-electron chi connectivity index (χ0n) is 15.4. The second-order valence-corrected chi connectivity index (χ2v) is 7.80. The minimum atomic E-state index is 0.760. The van der Waals surface area contributed by atoms with Crippen molar-refractivity contribution in [3.8, 4) is 0 Å². The zero-order valence-corrected chi connectivity index (χ0v) is 17.0. The number of nitrogens with zero attached hydrogens (tertiary/aromatic N) is 4. The third kappa shape index (κ3) is 5.11. The van der Waals surface area contributed by atoms with Crippen LogP contribution in [0, 0.1) is 0 Å². The van der Waals surface area contributed by atoms with Gasteiger partial charge >= 0.3 is 0 Å². The Kier molecular flexibility index (Phi) is 6.74. The quantitative estimate of drug-likeness (QED) is 0.603. The summed E-state index contributed by atoms with van der Waals surface area (Å²) in [5.41, 5.74) is 2.31. The number of rotatable bonds is 6. The van der Waals surface area contributed by atoms with Crippen molar-refractivity contribution in [2.24, 2.45) is 4.99 Å². The Hall–Kier alpha value is -1.79. The SMILES string of the molecule is CN=C(NCCc1csc(N2CCCC2)n1)N(C)Cc1cccc(Cl)c1. The van der Waals surface area contributed by atoms with Crippen molar-refractivity contribution in [2.45, 2.75) is 25.8 Å². The van der Waals surface area contributed by atoms with Crippen LogP contribution in [0.5, 0.6) is 0 Å². The van der Waals surface area contributed by atoms with Gasteiger partial charge in [0.05, 0.1) is 5.69 Å². The lowest BCUT2D eigenvalue weighted by atomic mass is 10.2. The maximum atomic E-state index is 6.07. The lowest BCUT2D eigenvalue weighted by Crippen LogP contribution is -2.39. The number of aliphatic imine (C=N–C) groups is 1. The maximum Gasteiger partial charge on any atom is 0.193 e. The Morgan fingerprint density at radius 2 is 2.19 bits per heavy atom. The molecule has 1 saturated heterocycles. The van der Waals surface area contributed by atoms with Crippen molar-refractivity contribution in [1.29, 1.82) is 0 Å². The molecule has 26 heavy (non-hydrogen) atoms. The summed E-state index contributed by atoms with van der Waals surface area (Å²) in [6.45, 7) is 3.87. The minimum absolute atomic E-state index is 0.760. The van der Waals surface area contributed by atoms with Crippen molar-refractivity contribution < 1.29 is 0 Å². The number of benzene rings is 1. The Bertz CT molecular complexity index is 739. The maximum absolute atomic E-state index is 6.07. The Morgan fingerprint density at radius 1 is 1.38 bits per heavy atom. The molecule has 0 saturated carbocycles. The van der Waals surface area contributed by atoms with Gasteiger partial charge in [-0.05, 0) is 30.5 Å². The molecule has 1 aliphatic heterocycles. The molecule has 0 atom stereocenters. The molecule has 1 aromatic carbocycles. The largest absolute Gasteiger partial charge is 0.356 e.